The maximum atomic E-state index is 9.73. The Labute approximate surface area is 59.7 Å². The molecule has 1 aliphatic carbocycles. The topological polar surface area (TPSA) is 64.3 Å². The Bertz CT molecular complexity index is 118. The molecule has 0 bridgehead atoms. The van der Waals surface area contributed by atoms with Crippen LogP contribution >= 0.6 is 0 Å². The Balaban J connectivity index is 2.12. The summed E-state index contributed by atoms with van der Waals surface area (Å²) < 4.78 is 0. The second kappa shape index (κ2) is 3.53. The highest BCUT2D eigenvalue weighted by molar-refractivity contribution is 5.36. The van der Waals surface area contributed by atoms with Crippen LogP contribution in [0.1, 0.15) is 19.3 Å². The van der Waals surface area contributed by atoms with Gasteiger partial charge in [0.2, 0.25) is 0 Å². The lowest BCUT2D eigenvalue weighted by Crippen LogP contribution is -2.28. The summed E-state index contributed by atoms with van der Waals surface area (Å²) >= 11 is 0. The Morgan fingerprint density at radius 3 is 2.90 bits per heavy atom. The van der Waals surface area contributed by atoms with Gasteiger partial charge in [0.25, 0.3) is 0 Å². The smallest absolute Gasteiger partial charge is 0.312 e. The number of nitrogens with two attached hydrogens (primary N) is 1. The zero-order chi connectivity index (χ0) is 7.40. The Morgan fingerprint density at radius 1 is 1.60 bits per heavy atom. The number of rotatable bonds is 3. The normalized spacial score (nSPS) is 32.1. The molecular weight excluding hydrogens is 132 g/mol. The van der Waals surface area contributed by atoms with Crippen molar-refractivity contribution < 1.29 is 9.63 Å². The Kier molecular flexibility index (Phi) is 2.65. The summed E-state index contributed by atoms with van der Waals surface area (Å²) in [5, 5.41) is 0. The van der Waals surface area contributed by atoms with Crippen molar-refractivity contribution in [1.82, 2.24) is 5.48 Å². The van der Waals surface area contributed by atoms with Crippen LogP contribution in [0.25, 0.3) is 0 Å². The average molecular weight is 144 g/mol. The van der Waals surface area contributed by atoms with Gasteiger partial charge in [-0.3, -0.25) is 4.79 Å². The molecule has 1 fully saturated rings. The van der Waals surface area contributed by atoms with Gasteiger partial charge in [0.1, 0.15) is 0 Å². The van der Waals surface area contributed by atoms with Crippen LogP contribution in [-0.4, -0.2) is 18.6 Å². The van der Waals surface area contributed by atoms with E-state index in [9.17, 15) is 4.79 Å². The molecule has 0 aromatic rings. The molecule has 3 N–H and O–H groups in total. The first-order valence-corrected chi connectivity index (χ1v) is 3.43. The third kappa shape index (κ3) is 1.97. The van der Waals surface area contributed by atoms with Gasteiger partial charge in [-0.2, -0.15) is 5.48 Å². The lowest BCUT2D eigenvalue weighted by atomic mass is 10.2. The second-order valence-corrected chi connectivity index (χ2v) is 2.60. The fourth-order valence-corrected chi connectivity index (χ4v) is 1.25. The minimum absolute atomic E-state index is 0.264. The first-order valence-electron chi connectivity index (χ1n) is 3.43. The Morgan fingerprint density at radius 2 is 2.40 bits per heavy atom. The van der Waals surface area contributed by atoms with Crippen LogP contribution < -0.4 is 11.2 Å². The maximum Gasteiger partial charge on any atom is 0.312 e. The van der Waals surface area contributed by atoms with Crippen molar-refractivity contribution in [2.24, 2.45) is 5.73 Å². The predicted molar refractivity (Wildman–Crippen MR) is 35.9 cm³/mol. The molecule has 4 heteroatoms. The van der Waals surface area contributed by atoms with E-state index < -0.39 is 0 Å². The molecule has 0 heterocycles. The van der Waals surface area contributed by atoms with Crippen LogP contribution in [0.5, 0.6) is 0 Å². The quantitative estimate of drug-likeness (QED) is 0.415. The monoisotopic (exact) mass is 144 g/mol. The molecule has 0 aromatic heterocycles. The van der Waals surface area contributed by atoms with E-state index in [0.717, 1.165) is 19.3 Å². The first kappa shape index (κ1) is 7.50. The van der Waals surface area contributed by atoms with E-state index in [0.29, 0.717) is 6.47 Å². The molecule has 0 aliphatic heterocycles. The number of carbonyl (C=O) groups is 1. The van der Waals surface area contributed by atoms with E-state index >= 15 is 0 Å². The van der Waals surface area contributed by atoms with Gasteiger partial charge >= 0.3 is 6.47 Å². The molecule has 4 nitrogen and oxygen atoms in total. The zero-order valence-corrected chi connectivity index (χ0v) is 5.75. The van der Waals surface area contributed by atoms with Crippen LogP contribution in [0.4, 0.5) is 0 Å². The number of carbonyl (C=O) groups excluding carboxylic acids is 1. The average Bonchev–Trinajstić information content (AvgIpc) is 2.31. The van der Waals surface area contributed by atoms with Gasteiger partial charge < -0.3 is 10.6 Å². The van der Waals surface area contributed by atoms with E-state index in [2.05, 4.69) is 10.3 Å². The van der Waals surface area contributed by atoms with Gasteiger partial charge in [0.05, 0.1) is 0 Å². The fraction of sp³-hybridized carbons (Fsp3) is 0.833. The van der Waals surface area contributed by atoms with E-state index in [1.807, 2.05) is 0 Å². The molecule has 0 aromatic carbocycles. The van der Waals surface area contributed by atoms with Gasteiger partial charge in [-0.15, -0.1) is 0 Å². The summed E-state index contributed by atoms with van der Waals surface area (Å²) in [6.45, 7) is 0.393. The van der Waals surface area contributed by atoms with E-state index in [-0.39, 0.29) is 12.1 Å². The number of hydrogen-bond donors (Lipinski definition) is 2. The number of hydroxylamine groups is 1. The molecule has 1 rings (SSSR count). The predicted octanol–water partition coefficient (Wildman–Crippen LogP) is -0.456. The molecule has 2 atom stereocenters. The molecule has 0 unspecified atom stereocenters. The highest BCUT2D eigenvalue weighted by Crippen LogP contribution is 2.16. The summed E-state index contributed by atoms with van der Waals surface area (Å²) in [4.78, 5) is 14.1. The van der Waals surface area contributed by atoms with Crippen molar-refractivity contribution in [3.8, 4) is 0 Å². The van der Waals surface area contributed by atoms with E-state index in [4.69, 9.17) is 5.73 Å². The van der Waals surface area contributed by atoms with Crippen LogP contribution in [0, 0.1) is 0 Å². The third-order valence-corrected chi connectivity index (χ3v) is 1.76. The molecule has 0 radical (unpaired) electrons. The SMILES string of the molecule is N[C@H]1CC[C@H](NOC=O)C1. The summed E-state index contributed by atoms with van der Waals surface area (Å²) in [6, 6.07) is 0.535. The highest BCUT2D eigenvalue weighted by Gasteiger charge is 2.21. The minimum Gasteiger partial charge on any atom is -0.373 e. The van der Waals surface area contributed by atoms with Crippen molar-refractivity contribution in [3.05, 3.63) is 0 Å². The van der Waals surface area contributed by atoms with Gasteiger partial charge in [0.15, 0.2) is 0 Å². The van der Waals surface area contributed by atoms with Gasteiger partial charge in [-0.1, -0.05) is 0 Å². The van der Waals surface area contributed by atoms with Gasteiger partial charge in [-0.05, 0) is 19.3 Å². The van der Waals surface area contributed by atoms with Crippen molar-refractivity contribution in [1.29, 1.82) is 0 Å². The molecule has 0 spiro atoms. The Hall–Kier alpha value is -0.610. The van der Waals surface area contributed by atoms with Crippen molar-refractivity contribution in [2.45, 2.75) is 31.3 Å². The van der Waals surface area contributed by atoms with Crippen LogP contribution in [-0.2, 0) is 9.63 Å². The lowest BCUT2D eigenvalue weighted by molar-refractivity contribution is -0.137. The second-order valence-electron chi connectivity index (χ2n) is 2.60. The van der Waals surface area contributed by atoms with E-state index in [1.165, 1.54) is 0 Å². The van der Waals surface area contributed by atoms with Gasteiger partial charge in [0, 0.05) is 12.1 Å². The number of hydrogen-bond acceptors (Lipinski definition) is 4. The highest BCUT2D eigenvalue weighted by atomic mass is 16.7. The largest absolute Gasteiger partial charge is 0.373 e. The summed E-state index contributed by atoms with van der Waals surface area (Å²) in [5.41, 5.74) is 8.23. The molecule has 10 heavy (non-hydrogen) atoms. The summed E-state index contributed by atoms with van der Waals surface area (Å²) in [6.07, 6.45) is 2.91. The first-order chi connectivity index (χ1) is 4.83. The molecule has 1 aliphatic rings. The standard InChI is InChI=1S/C6H12N2O2/c7-5-1-2-6(3-5)8-10-4-9/h4-6,8H,1-3,7H2/t5-,6-/m0/s1. The maximum absolute atomic E-state index is 9.73. The van der Waals surface area contributed by atoms with Crippen LogP contribution in [0.15, 0.2) is 0 Å². The summed E-state index contributed by atoms with van der Waals surface area (Å²) in [7, 11) is 0. The van der Waals surface area contributed by atoms with Gasteiger partial charge in [-0.25, -0.2) is 0 Å². The molecule has 58 valence electrons. The lowest BCUT2D eigenvalue weighted by Gasteiger charge is -2.07. The minimum atomic E-state index is 0.264. The zero-order valence-electron chi connectivity index (χ0n) is 5.75. The molecule has 0 amide bonds. The molecule has 0 saturated heterocycles. The van der Waals surface area contributed by atoms with Crippen molar-refractivity contribution in [3.63, 3.8) is 0 Å². The molecular formula is C6H12N2O2. The third-order valence-electron chi connectivity index (χ3n) is 1.76. The fourth-order valence-electron chi connectivity index (χ4n) is 1.25. The van der Waals surface area contributed by atoms with E-state index in [1.54, 1.807) is 0 Å². The number of nitrogens with one attached hydrogen (secondary N) is 1. The van der Waals surface area contributed by atoms with Crippen LogP contribution in [0.2, 0.25) is 0 Å². The van der Waals surface area contributed by atoms with Crippen molar-refractivity contribution >= 4 is 6.47 Å². The summed E-state index contributed by atoms with van der Waals surface area (Å²) in [5.74, 6) is 0. The van der Waals surface area contributed by atoms with Crippen LogP contribution in [0.3, 0.4) is 0 Å². The molecule has 1 saturated carbocycles. The van der Waals surface area contributed by atoms with Crippen molar-refractivity contribution in [2.75, 3.05) is 0 Å².